The number of hydrogen-bond donors (Lipinski definition) is 10. The van der Waals surface area contributed by atoms with Crippen molar-refractivity contribution in [1.82, 2.24) is 0 Å². The molecule has 8 rings (SSSR count). The molecule has 0 radical (unpaired) electrons. The van der Waals surface area contributed by atoms with Gasteiger partial charge in [0.15, 0.2) is 12.6 Å². The van der Waals surface area contributed by atoms with Crippen molar-refractivity contribution in [2.75, 3.05) is 13.2 Å². The largest absolute Gasteiger partial charge is 0.726 e. The lowest BCUT2D eigenvalue weighted by atomic mass is 9.33. The lowest BCUT2D eigenvalue weighted by Gasteiger charge is -2.71. The van der Waals surface area contributed by atoms with Gasteiger partial charge in [-0.2, -0.15) is 0 Å². The Labute approximate surface area is 409 Å². The number of ether oxygens (including phenoxy) is 6. The van der Waals surface area contributed by atoms with Gasteiger partial charge in [0, 0.05) is 0 Å². The first-order chi connectivity index (χ1) is 32.4. The number of hydrogen-bond acceptors (Lipinski definition) is 21. The van der Waals surface area contributed by atoms with Crippen LogP contribution in [0, 0.1) is 50.2 Å². The molecule has 7 fully saturated rings. The fourth-order valence-corrected chi connectivity index (χ4v) is 15.8. The van der Waals surface area contributed by atoms with Crippen LogP contribution in [0.4, 0.5) is 0 Å². The number of carbonyl (C=O) groups excluding carboxylic acids is 1. The average molecular weight is 1020 g/mol. The molecule has 22 heteroatoms. The van der Waals surface area contributed by atoms with Gasteiger partial charge >= 0.3 is 5.97 Å². The Bertz CT molecular complexity index is 2070. The monoisotopic (exact) mass is 1020 g/mol. The van der Waals surface area contributed by atoms with E-state index in [-0.39, 0.29) is 40.9 Å². The number of fused-ring (bicyclic) bond motifs is 7. The highest BCUT2D eigenvalue weighted by molar-refractivity contribution is 7.80. The minimum absolute atomic E-state index is 0.0323. The van der Waals surface area contributed by atoms with E-state index in [0.717, 1.165) is 18.4 Å². The molecule has 10 N–H and O–H groups in total. The summed E-state index contributed by atoms with van der Waals surface area (Å²) in [6.45, 7) is 14.9. The van der Waals surface area contributed by atoms with E-state index in [1.165, 1.54) is 6.92 Å². The first-order valence-corrected chi connectivity index (χ1v) is 26.2. The summed E-state index contributed by atoms with van der Waals surface area (Å²) in [5, 5.41) is 109. The quantitative estimate of drug-likeness (QED) is 0.0577. The fraction of sp³-hybridized carbons (Fsp3) is 0.938. The van der Waals surface area contributed by atoms with Gasteiger partial charge in [0.2, 0.25) is 16.7 Å². The van der Waals surface area contributed by atoms with Crippen LogP contribution in [0.3, 0.4) is 0 Å². The van der Waals surface area contributed by atoms with E-state index in [1.807, 2.05) is 13.8 Å². The number of allylic oxidation sites excluding steroid dienone is 2. The van der Waals surface area contributed by atoms with E-state index in [2.05, 4.69) is 40.7 Å². The van der Waals surface area contributed by atoms with Gasteiger partial charge in [-0.1, -0.05) is 60.1 Å². The molecule has 0 amide bonds. The van der Waals surface area contributed by atoms with Crippen LogP contribution in [0.1, 0.15) is 113 Å². The molecule has 3 aliphatic heterocycles. The number of aliphatic hydroxyl groups excluding tert-OH is 10. The number of carbonyl (C=O) groups is 1. The van der Waals surface area contributed by atoms with Crippen LogP contribution < -0.4 is 0 Å². The zero-order valence-electron chi connectivity index (χ0n) is 41.3. The van der Waals surface area contributed by atoms with E-state index in [4.69, 9.17) is 32.6 Å². The highest BCUT2D eigenvalue weighted by Gasteiger charge is 2.72. The first kappa shape index (κ1) is 54.7. The summed E-state index contributed by atoms with van der Waals surface area (Å²) in [7, 11) is -4.92. The molecule has 70 heavy (non-hydrogen) atoms. The van der Waals surface area contributed by atoms with Gasteiger partial charge in [0.25, 0.3) is 0 Å². The fourth-order valence-electron chi connectivity index (χ4n) is 15.2. The average Bonchev–Trinajstić information content (AvgIpc) is 3.27. The Hall–Kier alpha value is -1.52. The third-order valence-corrected chi connectivity index (χ3v) is 19.9. The van der Waals surface area contributed by atoms with Crippen LogP contribution in [-0.2, 0) is 47.8 Å². The maximum Gasteiger partial charge on any atom is 0.317 e. The van der Waals surface area contributed by atoms with E-state index < -0.39 is 156 Å². The topological polar surface area (TPSA) is 341 Å². The third kappa shape index (κ3) is 8.85. The summed E-state index contributed by atoms with van der Waals surface area (Å²) in [4.78, 5) is 15.0. The maximum absolute atomic E-state index is 15.0. The lowest BCUT2D eigenvalue weighted by Crippen LogP contribution is -2.68. The standard InChI is InChI=1S/C48H78O21S/c1-21-30(51)32(53)35(56)40(64-21)67-38-24(19-49)65-39(37(58)34(38)55)63-20-25-31(52)33(54)36(57)41(66-25)68-42(59)48-16-15-43(2,3)17-23(48)22-9-10-27-45(6)13-12-29(69-70(60,61)62)44(4,5)26(45)11-14-46(27,7)47(22,8)18-28(48)50/h9,21,23-41,49-58H,10-20H2,1-8H3,(H,60,61,62)/p-1/t21-,23-,24+,25+,26-,27+,28+,29-,30-,31+,32+,33-,34+,35+,36+,37+,38+,39+,40-,41-,45-,46+,47+,48+/m0/s1. The summed E-state index contributed by atoms with van der Waals surface area (Å²) in [5.74, 6) is -1.22. The van der Waals surface area contributed by atoms with Gasteiger partial charge in [-0.3, -0.25) is 8.98 Å². The Morgan fingerprint density at radius 1 is 0.729 bits per heavy atom. The Kier molecular flexibility index (Phi) is 14.8. The Morgan fingerprint density at radius 2 is 1.36 bits per heavy atom. The number of esters is 1. The van der Waals surface area contributed by atoms with Gasteiger partial charge in [0.05, 0.1) is 31.5 Å². The van der Waals surface area contributed by atoms with Crippen LogP contribution in [0.15, 0.2) is 11.6 Å². The molecule has 0 bridgehead atoms. The Balaban J connectivity index is 0.993. The Morgan fingerprint density at radius 3 is 2.01 bits per heavy atom. The predicted molar refractivity (Wildman–Crippen MR) is 239 cm³/mol. The normalized spacial score (nSPS) is 52.2. The molecular weight excluding hydrogens is 945 g/mol. The third-order valence-electron chi connectivity index (χ3n) is 19.5. The predicted octanol–water partition coefficient (Wildman–Crippen LogP) is -0.377. The summed E-state index contributed by atoms with van der Waals surface area (Å²) in [6, 6.07) is 0. The molecule has 3 saturated heterocycles. The molecule has 0 aromatic rings. The second-order valence-corrected chi connectivity index (χ2v) is 25.1. The van der Waals surface area contributed by atoms with Crippen molar-refractivity contribution >= 4 is 16.4 Å². The van der Waals surface area contributed by atoms with Gasteiger partial charge in [0.1, 0.15) is 72.6 Å². The molecule has 0 aromatic heterocycles. The zero-order chi connectivity index (χ0) is 51.6. The first-order valence-electron chi connectivity index (χ1n) is 24.9. The van der Waals surface area contributed by atoms with Crippen LogP contribution in [0.2, 0.25) is 0 Å². The SMILES string of the molecule is C[C@@H]1O[C@@H](O[C@H]2[C@H](O)[C@@H](O)[C@H](OC[C@H]3O[C@@H](OC(=O)[C@]45CCC(C)(C)C[C@H]4C4=CC[C@@H]6[C@@]7(C)CC[C@H](OS(=O)(=O)[O-])C(C)(C)[C@@H]7CC[C@@]6(C)[C@]4(C)C[C@H]5O)[C@H](O)[C@@H](O)[C@@H]3O)O[C@@H]2CO)[C@H](O)[C@H](O)[C@H]1O. The minimum atomic E-state index is -4.92. The van der Waals surface area contributed by atoms with E-state index >= 15 is 4.79 Å². The van der Waals surface area contributed by atoms with Crippen LogP contribution in [-0.4, -0.2) is 188 Å². The van der Waals surface area contributed by atoms with Crippen molar-refractivity contribution in [3.05, 3.63) is 11.6 Å². The molecule has 21 nitrogen and oxygen atoms in total. The van der Waals surface area contributed by atoms with Crippen LogP contribution in [0.5, 0.6) is 0 Å². The molecule has 24 atom stereocenters. The molecule has 8 aliphatic rings. The van der Waals surface area contributed by atoms with Gasteiger partial charge in [-0.05, 0) is 110 Å². The summed E-state index contributed by atoms with van der Waals surface area (Å²) < 4.78 is 75.1. The highest BCUT2D eigenvalue weighted by Crippen LogP contribution is 2.76. The van der Waals surface area contributed by atoms with Crippen molar-refractivity contribution < 1.29 is 101 Å². The van der Waals surface area contributed by atoms with Crippen molar-refractivity contribution in [2.45, 2.75) is 218 Å². The van der Waals surface area contributed by atoms with Crippen molar-refractivity contribution in [3.8, 4) is 0 Å². The molecule has 402 valence electrons. The van der Waals surface area contributed by atoms with Crippen molar-refractivity contribution in [3.63, 3.8) is 0 Å². The van der Waals surface area contributed by atoms with E-state index in [9.17, 15) is 64.0 Å². The molecular formula is C48H77O21S-. The number of aliphatic hydroxyl groups is 10. The highest BCUT2D eigenvalue weighted by atomic mass is 32.3. The summed E-state index contributed by atoms with van der Waals surface area (Å²) >= 11 is 0. The summed E-state index contributed by atoms with van der Waals surface area (Å²) in [6.07, 6.45) is -20.1. The number of rotatable bonds is 10. The van der Waals surface area contributed by atoms with Crippen molar-refractivity contribution in [2.24, 2.45) is 50.2 Å². The minimum Gasteiger partial charge on any atom is -0.726 e. The van der Waals surface area contributed by atoms with Gasteiger partial charge in [-0.15, -0.1) is 0 Å². The molecule has 0 aromatic carbocycles. The van der Waals surface area contributed by atoms with Gasteiger partial charge < -0.3 is 84.0 Å². The zero-order valence-corrected chi connectivity index (χ0v) is 42.1. The molecule has 0 unspecified atom stereocenters. The second kappa shape index (κ2) is 18.9. The van der Waals surface area contributed by atoms with Crippen LogP contribution in [0.25, 0.3) is 0 Å². The van der Waals surface area contributed by atoms with E-state index in [0.29, 0.717) is 32.1 Å². The maximum atomic E-state index is 15.0. The molecule has 0 spiro atoms. The molecule has 4 saturated carbocycles. The lowest BCUT2D eigenvalue weighted by molar-refractivity contribution is -0.361. The van der Waals surface area contributed by atoms with Crippen molar-refractivity contribution in [1.29, 1.82) is 0 Å². The second-order valence-electron chi connectivity index (χ2n) is 24.1. The summed E-state index contributed by atoms with van der Waals surface area (Å²) in [5.41, 5.74) is -2.56. The van der Waals surface area contributed by atoms with Gasteiger partial charge in [-0.25, -0.2) is 8.42 Å². The smallest absolute Gasteiger partial charge is 0.317 e. The molecule has 3 heterocycles. The molecule has 5 aliphatic carbocycles. The van der Waals surface area contributed by atoms with E-state index in [1.54, 1.807) is 0 Å². The van der Waals surface area contributed by atoms with Crippen LogP contribution >= 0.6 is 0 Å².